The molecule has 1 atom stereocenters. The minimum Gasteiger partial charge on any atom is -0.310 e. The van der Waals surface area contributed by atoms with Crippen LogP contribution in [0.3, 0.4) is 0 Å². The van der Waals surface area contributed by atoms with Crippen molar-refractivity contribution in [2.45, 2.75) is 39.5 Å². The lowest BCUT2D eigenvalue weighted by molar-refractivity contribution is 0.688. The Morgan fingerprint density at radius 2 is 1.24 bits per heavy atom. The standard InChI is InChI=1S/C40H35N/c1-27-15-19-35(20-16-27)41(40-14-8-11-30-9-4-7-13-39(30)40)36-21-22-38-34(26-36)25-33(24-32-10-5-6-12-37(32)38)31-18-17-28(2)29(3)23-31/h4-23,26,33H,24-25H2,1-3H3. The summed E-state index contributed by atoms with van der Waals surface area (Å²) in [5.41, 5.74) is 14.6. The topological polar surface area (TPSA) is 3.24 Å². The van der Waals surface area contributed by atoms with Gasteiger partial charge in [0, 0.05) is 16.8 Å². The number of hydrogen-bond acceptors (Lipinski definition) is 1. The molecule has 6 aromatic carbocycles. The molecule has 1 heteroatoms. The quantitative estimate of drug-likeness (QED) is 0.219. The first-order valence-corrected chi connectivity index (χ1v) is 14.7. The van der Waals surface area contributed by atoms with Gasteiger partial charge in [-0.2, -0.15) is 0 Å². The maximum atomic E-state index is 2.45. The van der Waals surface area contributed by atoms with E-state index in [1.54, 1.807) is 0 Å². The highest BCUT2D eigenvalue weighted by atomic mass is 15.1. The summed E-state index contributed by atoms with van der Waals surface area (Å²) in [7, 11) is 0. The van der Waals surface area contributed by atoms with Gasteiger partial charge < -0.3 is 4.90 Å². The average molecular weight is 530 g/mol. The molecule has 0 saturated heterocycles. The van der Waals surface area contributed by atoms with E-state index in [2.05, 4.69) is 153 Å². The highest BCUT2D eigenvalue weighted by Crippen LogP contribution is 2.44. The fourth-order valence-corrected chi connectivity index (χ4v) is 6.49. The minimum absolute atomic E-state index is 0.428. The van der Waals surface area contributed by atoms with E-state index in [-0.39, 0.29) is 0 Å². The van der Waals surface area contributed by atoms with Crippen LogP contribution >= 0.6 is 0 Å². The maximum Gasteiger partial charge on any atom is 0.0540 e. The molecule has 200 valence electrons. The molecule has 0 radical (unpaired) electrons. The molecule has 1 aliphatic rings. The molecule has 0 aromatic heterocycles. The van der Waals surface area contributed by atoms with Crippen molar-refractivity contribution < 1.29 is 0 Å². The number of benzene rings is 6. The predicted octanol–water partition coefficient (Wildman–Crippen LogP) is 10.8. The van der Waals surface area contributed by atoms with Crippen molar-refractivity contribution in [3.05, 3.63) is 161 Å². The number of fused-ring (bicyclic) bond motifs is 4. The molecule has 0 amide bonds. The third kappa shape index (κ3) is 4.72. The second-order valence-electron chi connectivity index (χ2n) is 11.6. The van der Waals surface area contributed by atoms with Gasteiger partial charge >= 0.3 is 0 Å². The highest BCUT2D eigenvalue weighted by molar-refractivity contribution is 5.99. The van der Waals surface area contributed by atoms with Gasteiger partial charge in [-0.25, -0.2) is 0 Å². The van der Waals surface area contributed by atoms with Crippen LogP contribution in [0.1, 0.15) is 39.3 Å². The Hall–Kier alpha value is -4.62. The van der Waals surface area contributed by atoms with E-state index in [0.717, 1.165) is 12.8 Å². The predicted molar refractivity (Wildman–Crippen MR) is 175 cm³/mol. The van der Waals surface area contributed by atoms with Crippen LogP contribution < -0.4 is 4.90 Å². The van der Waals surface area contributed by atoms with Gasteiger partial charge in [-0.1, -0.05) is 103 Å². The van der Waals surface area contributed by atoms with Crippen LogP contribution in [0.2, 0.25) is 0 Å². The Balaban J connectivity index is 1.42. The largest absolute Gasteiger partial charge is 0.310 e. The second-order valence-corrected chi connectivity index (χ2v) is 11.6. The molecule has 0 N–H and O–H groups in total. The van der Waals surface area contributed by atoms with E-state index in [1.165, 1.54) is 72.3 Å². The maximum absolute atomic E-state index is 2.45. The Morgan fingerprint density at radius 1 is 0.537 bits per heavy atom. The summed E-state index contributed by atoms with van der Waals surface area (Å²) in [6.45, 7) is 6.59. The first-order valence-electron chi connectivity index (χ1n) is 14.7. The van der Waals surface area contributed by atoms with E-state index < -0.39 is 0 Å². The Bertz CT molecular complexity index is 1870. The van der Waals surface area contributed by atoms with E-state index >= 15 is 0 Å². The lowest BCUT2D eigenvalue weighted by Gasteiger charge is -2.28. The van der Waals surface area contributed by atoms with Crippen LogP contribution in [0.4, 0.5) is 17.1 Å². The molecule has 0 saturated carbocycles. The summed E-state index contributed by atoms with van der Waals surface area (Å²) < 4.78 is 0. The molecule has 0 aliphatic heterocycles. The first-order chi connectivity index (χ1) is 20.0. The van der Waals surface area contributed by atoms with E-state index in [9.17, 15) is 0 Å². The van der Waals surface area contributed by atoms with Crippen molar-refractivity contribution in [1.82, 2.24) is 0 Å². The zero-order valence-corrected chi connectivity index (χ0v) is 24.1. The van der Waals surface area contributed by atoms with Crippen molar-refractivity contribution in [1.29, 1.82) is 0 Å². The lowest BCUT2D eigenvalue weighted by atomic mass is 9.87. The molecule has 0 spiro atoms. The van der Waals surface area contributed by atoms with Crippen molar-refractivity contribution >= 4 is 27.8 Å². The van der Waals surface area contributed by atoms with E-state index in [4.69, 9.17) is 0 Å². The number of nitrogens with zero attached hydrogens (tertiary/aromatic N) is 1. The summed E-state index contributed by atoms with van der Waals surface area (Å²) in [4.78, 5) is 2.43. The minimum atomic E-state index is 0.428. The molecular weight excluding hydrogens is 494 g/mol. The zero-order chi connectivity index (χ0) is 27.9. The Labute approximate surface area is 243 Å². The third-order valence-electron chi connectivity index (χ3n) is 8.89. The van der Waals surface area contributed by atoms with Crippen molar-refractivity contribution in [2.75, 3.05) is 4.90 Å². The molecule has 1 aliphatic carbocycles. The normalized spacial score (nSPS) is 14.3. The fraction of sp³-hybridized carbons (Fsp3) is 0.150. The molecule has 0 heterocycles. The number of aryl methyl sites for hydroxylation is 3. The molecule has 1 unspecified atom stereocenters. The molecule has 0 fully saturated rings. The SMILES string of the molecule is Cc1ccc(N(c2ccc3c(c2)CC(c2ccc(C)c(C)c2)Cc2ccccc2-3)c2cccc3ccccc23)cc1. The Kier molecular flexibility index (Phi) is 6.44. The van der Waals surface area contributed by atoms with Gasteiger partial charge in [0.25, 0.3) is 0 Å². The number of rotatable bonds is 4. The van der Waals surface area contributed by atoms with Crippen molar-refractivity contribution in [3.8, 4) is 11.1 Å². The molecule has 41 heavy (non-hydrogen) atoms. The van der Waals surface area contributed by atoms with Crippen molar-refractivity contribution in [3.63, 3.8) is 0 Å². The van der Waals surface area contributed by atoms with Crippen LogP contribution in [0.5, 0.6) is 0 Å². The van der Waals surface area contributed by atoms with Gasteiger partial charge in [-0.15, -0.1) is 0 Å². The van der Waals surface area contributed by atoms with Gasteiger partial charge in [-0.05, 0) is 114 Å². The zero-order valence-electron chi connectivity index (χ0n) is 24.1. The van der Waals surface area contributed by atoms with Crippen LogP contribution in [-0.4, -0.2) is 0 Å². The van der Waals surface area contributed by atoms with Crippen LogP contribution in [0.25, 0.3) is 21.9 Å². The van der Waals surface area contributed by atoms with Gasteiger partial charge in [-0.3, -0.25) is 0 Å². The van der Waals surface area contributed by atoms with E-state index in [1.807, 2.05) is 0 Å². The summed E-state index contributed by atoms with van der Waals surface area (Å²) in [6, 6.07) is 47.4. The Morgan fingerprint density at radius 3 is 2.10 bits per heavy atom. The number of hydrogen-bond donors (Lipinski definition) is 0. The monoisotopic (exact) mass is 529 g/mol. The van der Waals surface area contributed by atoms with Crippen LogP contribution in [0.15, 0.2) is 127 Å². The third-order valence-corrected chi connectivity index (χ3v) is 8.89. The summed E-state index contributed by atoms with van der Waals surface area (Å²) in [6.07, 6.45) is 2.06. The van der Waals surface area contributed by atoms with Crippen LogP contribution in [-0.2, 0) is 12.8 Å². The van der Waals surface area contributed by atoms with Crippen LogP contribution in [0, 0.1) is 20.8 Å². The highest BCUT2D eigenvalue weighted by Gasteiger charge is 2.24. The second kappa shape index (κ2) is 10.4. The van der Waals surface area contributed by atoms with Crippen molar-refractivity contribution in [2.24, 2.45) is 0 Å². The smallest absolute Gasteiger partial charge is 0.0540 e. The molecule has 0 bridgehead atoms. The fourth-order valence-electron chi connectivity index (χ4n) is 6.49. The van der Waals surface area contributed by atoms with E-state index in [0.29, 0.717) is 5.92 Å². The molecular formula is C40H35N. The van der Waals surface area contributed by atoms with Gasteiger partial charge in [0.2, 0.25) is 0 Å². The molecule has 6 aromatic rings. The summed E-state index contributed by atoms with van der Waals surface area (Å²) in [5, 5.41) is 2.50. The summed E-state index contributed by atoms with van der Waals surface area (Å²) in [5.74, 6) is 0.428. The van der Waals surface area contributed by atoms with Gasteiger partial charge in [0.15, 0.2) is 0 Å². The van der Waals surface area contributed by atoms with Gasteiger partial charge in [0.05, 0.1) is 5.69 Å². The molecule has 7 rings (SSSR count). The first kappa shape index (κ1) is 25.4. The molecule has 1 nitrogen and oxygen atoms in total. The van der Waals surface area contributed by atoms with Gasteiger partial charge in [0.1, 0.15) is 0 Å². The average Bonchev–Trinajstić information content (AvgIpc) is 3.16. The summed E-state index contributed by atoms with van der Waals surface area (Å²) >= 11 is 0. The lowest BCUT2D eigenvalue weighted by Crippen LogP contribution is -2.11. The number of anilines is 3.